The lowest BCUT2D eigenvalue weighted by molar-refractivity contribution is -0.145. The third kappa shape index (κ3) is 30.1. The number of phenols is 1. The smallest absolute Gasteiger partial charge is 0.326 e. The number of imidazole rings is 1. The number of H-pyrrole nitrogens is 3. The number of aliphatic hydroxyl groups excluding tert-OH is 1. The Morgan fingerprint density at radius 1 is 0.488 bits per heavy atom. The van der Waals surface area contributed by atoms with E-state index < -0.39 is 216 Å². The van der Waals surface area contributed by atoms with Crippen molar-refractivity contribution in [2.45, 2.75) is 203 Å². The third-order valence-electron chi connectivity index (χ3n) is 21.3. The Kier molecular flexibility index (Phi) is 38.4. The average Bonchev–Trinajstić information content (AvgIpc) is 1.72. The van der Waals surface area contributed by atoms with Gasteiger partial charge in [0.15, 0.2) is 0 Å². The molecule has 4 heterocycles. The van der Waals surface area contributed by atoms with Crippen molar-refractivity contribution < 1.29 is 102 Å². The molecule has 1 fully saturated rings. The number of benzene rings is 4. The number of nitrogens with one attached hydrogen (secondary N) is 17. The number of amides is 15. The van der Waals surface area contributed by atoms with E-state index >= 15 is 9.59 Å². The number of aliphatic carboxylic acids is 2. The number of fused-ring (bicyclic) bond motifs is 2. The molecule has 15 amide bonds. The molecule has 41 nitrogen and oxygen atoms in total. The number of aliphatic hydroxyl groups is 1. The van der Waals surface area contributed by atoms with Crippen LogP contribution in [-0.4, -0.2) is 268 Å². The topological polar surface area (TPSA) is 629 Å². The van der Waals surface area contributed by atoms with Gasteiger partial charge in [-0.1, -0.05) is 92.7 Å². The largest absolute Gasteiger partial charge is 0.508 e. The van der Waals surface area contributed by atoms with E-state index in [1.807, 2.05) is 0 Å². The summed E-state index contributed by atoms with van der Waals surface area (Å²) in [6.45, 7) is 7.71. The Balaban J connectivity index is 0.996. The normalized spacial score (nSPS) is 15.7. The molecule has 0 spiro atoms. The first-order valence-corrected chi connectivity index (χ1v) is 43.1. The highest BCUT2D eigenvalue weighted by Gasteiger charge is 2.42. The van der Waals surface area contributed by atoms with E-state index in [9.17, 15) is 92.3 Å². The molecule has 1 saturated heterocycles. The SMILES string of the molecule is CC(=O)N[C@@H](CS)C(=O)N[C@@H](C)C(=O)N[C@@H](CC(=O)O)C(=O)N[C@@H](Cc1c[nH]c2ccccc12)C(=O)N[C@H](C(=O)N[C@@H](CS)C(=O)N[C@@H](Cc1ccc(O)cc1)C(=O)N[C@@H](Cc1c[nH]c2ccccc12)C(=O)N[C@@H](Cc1cnc[nH]1)C(=O)N[C@H](C(=O)N[C@@H](Cc1ccccc1)C(=O)NCC(=O)N[C@@H](C)C(=O)N1CCC[C@H]1C(=O)N[C@H](CCCCN)C(=O)O)[C@@H](C)O)C(C)C. The van der Waals surface area contributed by atoms with Gasteiger partial charge in [-0.2, -0.15) is 25.3 Å². The van der Waals surface area contributed by atoms with Gasteiger partial charge in [-0.05, 0) is 112 Å². The van der Waals surface area contributed by atoms with Crippen molar-refractivity contribution in [1.82, 2.24) is 99.3 Å². The van der Waals surface area contributed by atoms with E-state index in [2.05, 4.69) is 120 Å². The molecule has 0 aliphatic carbocycles. The Bertz CT molecular complexity index is 5110. The number of phenolic OH excluding ortho intramolecular Hbond substituents is 1. The minimum Gasteiger partial charge on any atom is -0.508 e. The molecule has 0 radical (unpaired) electrons. The number of hydrogen-bond donors (Lipinski definition) is 24. The summed E-state index contributed by atoms with van der Waals surface area (Å²) in [4.78, 5) is 251. The summed E-state index contributed by atoms with van der Waals surface area (Å²) < 4.78 is 0. The van der Waals surface area contributed by atoms with Crippen LogP contribution in [-0.2, 0) is 114 Å². The van der Waals surface area contributed by atoms with Gasteiger partial charge in [0, 0.05) is 103 Å². The number of hydrogen-bond acceptors (Lipinski definition) is 23. The van der Waals surface area contributed by atoms with Crippen LogP contribution in [0.2, 0.25) is 0 Å². The van der Waals surface area contributed by atoms with Crippen molar-refractivity contribution in [3.8, 4) is 5.75 Å². The zero-order valence-electron chi connectivity index (χ0n) is 71.8. The standard InChI is InChI=1S/C86H112N20O21S2/c1-44(2)71(104-78(118)63(34-52-38-90-58-22-13-11-20-56(52)58)100-77(117)65(36-70(111)112)97-73(113)45(3)94-80(120)66(41-128)95-48(6)108)83(123)103-67(42-129)81(121)98-61(32-50-25-27-54(109)28-26-50)75(115)99-62(33-51-37-89-57-21-12-10-19-55(51)57)76(116)101-64(35-53-39-88-43-92-53)79(119)105-72(47(5)107)84(124)102-60(31-49-17-8-7-9-18-49)74(114)91-40-69(110)93-46(4)85(125)106-30-16-24-68(106)82(122)96-59(86(126)127)23-14-15-29-87/h7-13,17-22,25-28,37-39,43-47,59-68,71-72,89-90,107,109,128-129H,14-16,23-24,29-36,40-42,87H2,1-6H3,(H,88,92)(H,91,114)(H,93,110)(H,94,120)(H,95,108)(H,96,122)(H,97,113)(H,98,121)(H,99,115)(H,100,117)(H,101,116)(H,102,124)(H,103,123)(H,104,118)(H,105,119)(H,111,112)(H,126,127)/t45-,46-,47+,59+,60-,61-,62-,63-,64-,65-,66-,67-,68-,71-,72-/m0/s1. The predicted molar refractivity (Wildman–Crippen MR) is 475 cm³/mol. The zero-order chi connectivity index (χ0) is 94.3. The van der Waals surface area contributed by atoms with Crippen molar-refractivity contribution in [1.29, 1.82) is 0 Å². The second kappa shape index (κ2) is 49.1. The number of carbonyl (C=O) groups is 17. The highest BCUT2D eigenvalue weighted by atomic mass is 32.1. The van der Waals surface area contributed by atoms with Gasteiger partial charge in [-0.25, -0.2) is 9.78 Å². The molecular weight excluding hydrogens is 1710 g/mol. The number of thiol groups is 2. The number of aromatic nitrogens is 4. The second-order valence-corrected chi connectivity index (χ2v) is 32.4. The number of aromatic amines is 3. The molecule has 129 heavy (non-hydrogen) atoms. The van der Waals surface area contributed by atoms with Crippen LogP contribution in [0.5, 0.6) is 5.75 Å². The average molecular weight is 1830 g/mol. The number of carboxylic acids is 2. The van der Waals surface area contributed by atoms with E-state index in [-0.39, 0.29) is 68.7 Å². The third-order valence-corrected chi connectivity index (χ3v) is 22.1. The van der Waals surface area contributed by atoms with Crippen LogP contribution in [0, 0.1) is 5.92 Å². The molecule has 694 valence electrons. The number of nitrogens with zero attached hydrogens (tertiary/aromatic N) is 2. The van der Waals surface area contributed by atoms with Gasteiger partial charge in [0.1, 0.15) is 90.3 Å². The maximum atomic E-state index is 15.4. The van der Waals surface area contributed by atoms with Crippen LogP contribution >= 0.6 is 25.3 Å². The van der Waals surface area contributed by atoms with Crippen molar-refractivity contribution in [3.63, 3.8) is 0 Å². The van der Waals surface area contributed by atoms with Gasteiger partial charge in [0.2, 0.25) is 88.6 Å². The lowest BCUT2D eigenvalue weighted by Crippen LogP contribution is -2.62. The molecule has 1 aliphatic rings. The number of rotatable bonds is 49. The Labute approximate surface area is 752 Å². The molecule has 23 N–H and O–H groups in total. The summed E-state index contributed by atoms with van der Waals surface area (Å²) in [5.74, 6) is -18.5. The maximum absolute atomic E-state index is 15.4. The number of carboxylic acid groups (broad SMARTS) is 2. The summed E-state index contributed by atoms with van der Waals surface area (Å²) in [6.07, 6.45) is 3.12. The number of likely N-dealkylation sites (tertiary alicyclic amines) is 1. The summed E-state index contributed by atoms with van der Waals surface area (Å²) in [6, 6.07) is 6.48. The first-order chi connectivity index (χ1) is 61.4. The number of unbranched alkanes of at least 4 members (excludes halogenated alkanes) is 1. The monoisotopic (exact) mass is 1820 g/mol. The molecule has 15 atom stereocenters. The highest BCUT2D eigenvalue weighted by molar-refractivity contribution is 7.80. The lowest BCUT2D eigenvalue weighted by atomic mass is 9.99. The number of para-hydroxylation sites is 2. The molecule has 43 heteroatoms. The second-order valence-electron chi connectivity index (χ2n) is 31.7. The van der Waals surface area contributed by atoms with Crippen molar-refractivity contribution in [2.75, 3.05) is 31.1 Å². The van der Waals surface area contributed by atoms with Crippen LogP contribution in [0.25, 0.3) is 21.8 Å². The van der Waals surface area contributed by atoms with E-state index in [1.54, 1.807) is 105 Å². The van der Waals surface area contributed by atoms with E-state index in [0.29, 0.717) is 69.9 Å². The minimum atomic E-state index is -1.89. The van der Waals surface area contributed by atoms with E-state index in [4.69, 9.17) is 5.73 Å². The Morgan fingerprint density at radius 2 is 0.961 bits per heavy atom. The highest BCUT2D eigenvalue weighted by Crippen LogP contribution is 2.24. The summed E-state index contributed by atoms with van der Waals surface area (Å²) in [7, 11) is 0. The molecule has 0 saturated carbocycles. The van der Waals surface area contributed by atoms with Crippen LogP contribution in [0.4, 0.5) is 0 Å². The number of aromatic hydroxyl groups is 1. The molecule has 7 aromatic rings. The first-order valence-electron chi connectivity index (χ1n) is 41.9. The molecular formula is C86H112N20O21S2. The Morgan fingerprint density at radius 3 is 1.49 bits per heavy atom. The van der Waals surface area contributed by atoms with Crippen LogP contribution in [0.15, 0.2) is 128 Å². The maximum Gasteiger partial charge on any atom is 0.326 e. The van der Waals surface area contributed by atoms with Gasteiger partial charge in [0.25, 0.3) is 0 Å². The molecule has 0 unspecified atom stereocenters. The van der Waals surface area contributed by atoms with Gasteiger partial charge in [-0.15, -0.1) is 0 Å². The van der Waals surface area contributed by atoms with Crippen molar-refractivity contribution >= 4 is 148 Å². The van der Waals surface area contributed by atoms with Crippen LogP contribution in [0.1, 0.15) is 108 Å². The van der Waals surface area contributed by atoms with Gasteiger partial charge in [0.05, 0.1) is 25.4 Å². The zero-order valence-corrected chi connectivity index (χ0v) is 73.6. The van der Waals surface area contributed by atoms with Gasteiger partial charge >= 0.3 is 11.9 Å². The summed E-state index contributed by atoms with van der Waals surface area (Å²) in [5, 5.41) is 78.1. The molecule has 8 rings (SSSR count). The van der Waals surface area contributed by atoms with Gasteiger partial charge in [-0.3, -0.25) is 76.7 Å². The molecule has 0 bridgehead atoms. The fourth-order valence-electron chi connectivity index (χ4n) is 14.4. The van der Waals surface area contributed by atoms with E-state index in [1.165, 1.54) is 55.5 Å². The molecule has 1 aliphatic heterocycles. The molecule has 3 aromatic heterocycles. The Hall–Kier alpha value is -13.4. The molecule has 4 aromatic carbocycles. The summed E-state index contributed by atoms with van der Waals surface area (Å²) in [5.41, 5.74) is 8.84. The summed E-state index contributed by atoms with van der Waals surface area (Å²) >= 11 is 8.50. The van der Waals surface area contributed by atoms with Crippen LogP contribution in [0.3, 0.4) is 0 Å². The fourth-order valence-corrected chi connectivity index (χ4v) is 14.9. The van der Waals surface area contributed by atoms with Crippen LogP contribution < -0.4 is 80.2 Å². The van der Waals surface area contributed by atoms with Crippen molar-refractivity contribution in [3.05, 3.63) is 156 Å². The number of nitrogens with two attached hydrogens (primary N) is 1. The first kappa shape index (κ1) is 101. The lowest BCUT2D eigenvalue weighted by Gasteiger charge is -2.29. The fraction of sp³-hybridized carbons (Fsp3) is 0.442. The van der Waals surface area contributed by atoms with E-state index in [0.717, 1.165) is 13.8 Å². The predicted octanol–water partition coefficient (Wildman–Crippen LogP) is -2.35. The minimum absolute atomic E-state index is 0.110. The van der Waals surface area contributed by atoms with Gasteiger partial charge < -0.3 is 120 Å². The van der Waals surface area contributed by atoms with Crippen molar-refractivity contribution in [2.24, 2.45) is 11.7 Å². The number of carbonyl (C=O) groups excluding carboxylic acids is 15. The quantitative estimate of drug-likeness (QED) is 0.0140.